The molecule has 0 aromatic rings. The highest BCUT2D eigenvalue weighted by atomic mass is 16.6. The summed E-state index contributed by atoms with van der Waals surface area (Å²) in [5.41, 5.74) is 0.114. The van der Waals surface area contributed by atoms with Crippen molar-refractivity contribution in [2.45, 2.75) is 130 Å². The number of hydrogen-bond acceptors (Lipinski definition) is 8. The summed E-state index contributed by atoms with van der Waals surface area (Å²) in [6.07, 6.45) is 6.65. The Morgan fingerprint density at radius 1 is 1.14 bits per heavy atom. The third kappa shape index (κ3) is 6.58. The number of ether oxygens (including phenoxy) is 2. The highest BCUT2D eigenvalue weighted by Gasteiger charge is 2.56. The van der Waals surface area contributed by atoms with E-state index in [9.17, 15) is 30.0 Å². The van der Waals surface area contributed by atoms with E-state index in [2.05, 4.69) is 19.9 Å². The lowest BCUT2D eigenvalue weighted by Crippen LogP contribution is -2.57. The monoisotopic (exact) mass is 620 g/mol. The van der Waals surface area contributed by atoms with Crippen molar-refractivity contribution in [1.82, 2.24) is 0 Å². The number of hydrogen-bond donors (Lipinski definition) is 4. The van der Waals surface area contributed by atoms with Crippen molar-refractivity contribution in [3.05, 3.63) is 11.6 Å². The molecule has 1 aliphatic heterocycles. The lowest BCUT2D eigenvalue weighted by Gasteiger charge is -2.48. The van der Waals surface area contributed by atoms with Gasteiger partial charge in [-0.05, 0) is 93.8 Å². The maximum absolute atomic E-state index is 13.4. The summed E-state index contributed by atoms with van der Waals surface area (Å²) in [6, 6.07) is 0. The van der Waals surface area contributed by atoms with Crippen LogP contribution in [0.15, 0.2) is 11.6 Å². The van der Waals surface area contributed by atoms with Gasteiger partial charge in [0.15, 0.2) is 5.79 Å². The number of Topliss-reactive ketones (excluding diaryl/α,β-unsaturated/α-hetero) is 1. The van der Waals surface area contributed by atoms with E-state index in [0.717, 1.165) is 25.7 Å². The molecule has 0 aromatic carbocycles. The molecule has 8 nitrogen and oxygen atoms in total. The molecule has 0 radical (unpaired) electrons. The Bertz CT molecular complexity index is 1070. The fraction of sp³-hybridized carbons (Fsp3) is 0.889. The van der Waals surface area contributed by atoms with E-state index in [1.54, 1.807) is 6.92 Å². The molecule has 4 N–H and O–H groups in total. The normalized spacial score (nSPS) is 44.4. The largest absolute Gasteiger partial charge is 0.465 e. The van der Waals surface area contributed by atoms with E-state index >= 15 is 0 Å². The zero-order chi connectivity index (χ0) is 32.8. The van der Waals surface area contributed by atoms with E-state index in [1.165, 1.54) is 5.57 Å². The Hall–Kier alpha value is -1.32. The summed E-state index contributed by atoms with van der Waals surface area (Å²) in [5, 5.41) is 44.2. The zero-order valence-corrected chi connectivity index (χ0v) is 28.4. The van der Waals surface area contributed by atoms with Gasteiger partial charge in [-0.1, -0.05) is 53.2 Å². The second-order valence-corrected chi connectivity index (χ2v) is 15.8. The van der Waals surface area contributed by atoms with Crippen LogP contribution in [0.4, 0.5) is 0 Å². The number of fused-ring (bicyclic) bond motifs is 2. The quantitative estimate of drug-likeness (QED) is 0.197. The van der Waals surface area contributed by atoms with Gasteiger partial charge in [0.1, 0.15) is 11.7 Å². The summed E-state index contributed by atoms with van der Waals surface area (Å²) in [6.45, 7) is 15.8. The number of ketones is 1. The van der Waals surface area contributed by atoms with Crippen LogP contribution in [0.3, 0.4) is 0 Å². The van der Waals surface area contributed by atoms with E-state index in [4.69, 9.17) is 9.47 Å². The molecule has 252 valence electrons. The van der Waals surface area contributed by atoms with Gasteiger partial charge in [-0.25, -0.2) is 0 Å². The standard InChI is InChI=1S/C36H60O8/c1-9-10-29(38)23(5)32-20(2)15-22(4)36(42,44-32)24(6)33(40)43-19-21(3)26-11-13-34(7)17-27-25(18-37)16-30(39)31(27)35(8,41)14-12-28(26)34/h12,20-27,30-32,37,39,41-42H,9-11,13-19H2,1-8H3/t20-,21-,22-,23-,24-,25+,26-,27-,30-,31+,32+,34-,35+,36-/m1/s1. The van der Waals surface area contributed by atoms with Crippen LogP contribution in [0.5, 0.6) is 0 Å². The molecule has 1 saturated heterocycles. The van der Waals surface area contributed by atoms with Gasteiger partial charge >= 0.3 is 5.97 Å². The second kappa shape index (κ2) is 13.4. The lowest BCUT2D eigenvalue weighted by molar-refractivity contribution is -0.318. The second-order valence-electron chi connectivity index (χ2n) is 15.8. The number of esters is 1. The number of carbonyl (C=O) groups excluding carboxylic acids is 2. The van der Waals surface area contributed by atoms with Gasteiger partial charge in [-0.3, -0.25) is 9.59 Å². The van der Waals surface area contributed by atoms with E-state index in [1.807, 2.05) is 34.6 Å². The molecule has 0 bridgehead atoms. The van der Waals surface area contributed by atoms with Crippen LogP contribution in [-0.4, -0.2) is 69.0 Å². The fourth-order valence-corrected chi connectivity index (χ4v) is 9.71. The summed E-state index contributed by atoms with van der Waals surface area (Å²) in [4.78, 5) is 26.1. The maximum atomic E-state index is 13.4. The number of rotatable bonds is 10. The van der Waals surface area contributed by atoms with Crippen molar-refractivity contribution in [2.75, 3.05) is 13.2 Å². The van der Waals surface area contributed by atoms with Crippen LogP contribution in [0, 0.1) is 58.7 Å². The minimum absolute atomic E-state index is 0.0136. The van der Waals surface area contributed by atoms with Crippen LogP contribution < -0.4 is 0 Å². The van der Waals surface area contributed by atoms with Gasteiger partial charge in [-0.2, -0.15) is 0 Å². The lowest BCUT2D eigenvalue weighted by atomic mass is 9.64. The molecule has 44 heavy (non-hydrogen) atoms. The molecule has 3 aliphatic carbocycles. The molecule has 0 unspecified atom stereocenters. The fourth-order valence-electron chi connectivity index (χ4n) is 9.71. The van der Waals surface area contributed by atoms with Crippen molar-refractivity contribution in [3.8, 4) is 0 Å². The maximum Gasteiger partial charge on any atom is 0.314 e. The number of allylic oxidation sites excluding steroid dienone is 1. The number of carbonyl (C=O) groups is 2. The highest BCUT2D eigenvalue weighted by molar-refractivity contribution is 5.81. The molecular weight excluding hydrogens is 560 g/mol. The molecule has 2 saturated carbocycles. The van der Waals surface area contributed by atoms with Crippen molar-refractivity contribution in [2.24, 2.45) is 58.7 Å². The molecule has 0 aromatic heterocycles. The summed E-state index contributed by atoms with van der Waals surface area (Å²) in [5.74, 6) is -3.65. The van der Waals surface area contributed by atoms with Crippen LogP contribution in [-0.2, 0) is 19.1 Å². The number of aliphatic hydroxyl groups is 4. The smallest absolute Gasteiger partial charge is 0.314 e. The van der Waals surface area contributed by atoms with Crippen LogP contribution in [0.2, 0.25) is 0 Å². The average molecular weight is 621 g/mol. The topological polar surface area (TPSA) is 134 Å². The van der Waals surface area contributed by atoms with Gasteiger partial charge in [0.2, 0.25) is 0 Å². The van der Waals surface area contributed by atoms with Gasteiger partial charge in [-0.15, -0.1) is 0 Å². The molecule has 3 fully saturated rings. The Morgan fingerprint density at radius 3 is 2.45 bits per heavy atom. The van der Waals surface area contributed by atoms with Crippen LogP contribution in [0.1, 0.15) is 107 Å². The van der Waals surface area contributed by atoms with Gasteiger partial charge < -0.3 is 29.9 Å². The van der Waals surface area contributed by atoms with E-state index in [0.29, 0.717) is 25.7 Å². The van der Waals surface area contributed by atoms with Crippen molar-refractivity contribution in [1.29, 1.82) is 0 Å². The summed E-state index contributed by atoms with van der Waals surface area (Å²) < 4.78 is 12.2. The van der Waals surface area contributed by atoms with Crippen LogP contribution >= 0.6 is 0 Å². The van der Waals surface area contributed by atoms with Gasteiger partial charge in [0.25, 0.3) is 0 Å². The summed E-state index contributed by atoms with van der Waals surface area (Å²) >= 11 is 0. The van der Waals surface area contributed by atoms with Crippen molar-refractivity contribution in [3.63, 3.8) is 0 Å². The Kier molecular flexibility index (Phi) is 10.8. The molecular formula is C36H60O8. The Balaban J connectivity index is 1.44. The first kappa shape index (κ1) is 35.5. The average Bonchev–Trinajstić information content (AvgIpc) is 3.46. The van der Waals surface area contributed by atoms with Gasteiger partial charge in [0, 0.05) is 30.8 Å². The van der Waals surface area contributed by atoms with Crippen molar-refractivity contribution >= 4 is 11.8 Å². The van der Waals surface area contributed by atoms with Gasteiger partial charge in [0.05, 0.1) is 24.4 Å². The predicted molar refractivity (Wildman–Crippen MR) is 168 cm³/mol. The van der Waals surface area contributed by atoms with Crippen LogP contribution in [0.25, 0.3) is 0 Å². The third-order valence-corrected chi connectivity index (χ3v) is 12.5. The molecule has 4 aliphatic rings. The Labute approximate surface area is 265 Å². The molecule has 4 rings (SSSR count). The number of aliphatic hydroxyl groups excluding tert-OH is 2. The Morgan fingerprint density at radius 2 is 1.82 bits per heavy atom. The van der Waals surface area contributed by atoms with E-state index < -0.39 is 35.5 Å². The first-order chi connectivity index (χ1) is 20.5. The molecule has 1 heterocycles. The predicted octanol–water partition coefficient (Wildman–Crippen LogP) is 5.05. The molecule has 0 amide bonds. The van der Waals surface area contributed by atoms with Crippen molar-refractivity contribution < 1.29 is 39.5 Å². The summed E-state index contributed by atoms with van der Waals surface area (Å²) in [7, 11) is 0. The molecule has 14 atom stereocenters. The molecule has 0 spiro atoms. The minimum atomic E-state index is -1.72. The first-order valence-electron chi connectivity index (χ1n) is 17.3. The van der Waals surface area contributed by atoms with E-state index in [-0.39, 0.29) is 71.8 Å². The minimum Gasteiger partial charge on any atom is -0.465 e. The highest BCUT2D eigenvalue weighted by Crippen LogP contribution is 2.59. The first-order valence-corrected chi connectivity index (χ1v) is 17.3. The zero-order valence-electron chi connectivity index (χ0n) is 28.4. The third-order valence-electron chi connectivity index (χ3n) is 12.5. The SMILES string of the molecule is CCCC(=O)[C@@H](C)[C@H]1O[C@@](O)([C@H](C)C(=O)OC[C@@H](C)[C@H]2CC[C@]3(C)C[C@@H]4[C@H](CO)C[C@@H](O)[C@H]4[C@@](C)(O)CC=C23)[C@H](C)C[C@H]1C. The molecule has 8 heteroatoms.